The molecule has 2 rings (SSSR count). The zero-order valence-corrected chi connectivity index (χ0v) is 20.1. The van der Waals surface area contributed by atoms with Gasteiger partial charge in [-0.15, -0.1) is 0 Å². The number of halogens is 2. The molecule has 30 heavy (non-hydrogen) atoms. The lowest BCUT2D eigenvalue weighted by Gasteiger charge is -2.30. The average Bonchev–Trinajstić information content (AvgIpc) is 2.71. The van der Waals surface area contributed by atoms with Crippen molar-refractivity contribution in [3.63, 3.8) is 0 Å². The maximum absolute atomic E-state index is 13.1. The number of nitrogens with zero attached hydrogens (tertiary/aromatic N) is 1. The van der Waals surface area contributed by atoms with E-state index in [0.29, 0.717) is 17.3 Å². The minimum atomic E-state index is -0.643. The molecule has 0 saturated carbocycles. The van der Waals surface area contributed by atoms with Gasteiger partial charge in [-0.05, 0) is 56.5 Å². The summed E-state index contributed by atoms with van der Waals surface area (Å²) in [5.74, 6) is -0.0576. The highest BCUT2D eigenvalue weighted by Crippen LogP contribution is 2.27. The van der Waals surface area contributed by atoms with Crippen molar-refractivity contribution in [1.82, 2.24) is 10.2 Å². The van der Waals surface area contributed by atoms with Crippen molar-refractivity contribution in [1.29, 1.82) is 0 Å². The third-order valence-electron chi connectivity index (χ3n) is 5.02. The highest BCUT2D eigenvalue weighted by Gasteiger charge is 2.27. The van der Waals surface area contributed by atoms with Gasteiger partial charge < -0.3 is 15.0 Å². The Morgan fingerprint density at radius 1 is 1.20 bits per heavy atom. The van der Waals surface area contributed by atoms with Crippen molar-refractivity contribution in [3.05, 3.63) is 63.1 Å². The number of hydrogen-bond donors (Lipinski definition) is 1. The van der Waals surface area contributed by atoms with Gasteiger partial charge in [-0.25, -0.2) is 0 Å². The van der Waals surface area contributed by atoms with Crippen molar-refractivity contribution in [2.75, 3.05) is 6.61 Å². The van der Waals surface area contributed by atoms with E-state index in [1.807, 2.05) is 45.0 Å². The van der Waals surface area contributed by atoms with Crippen LogP contribution in [0.25, 0.3) is 0 Å². The van der Waals surface area contributed by atoms with Crippen molar-refractivity contribution >= 4 is 39.3 Å². The number of aryl methyl sites for hydroxylation is 1. The molecule has 1 N–H and O–H groups in total. The number of carbonyl (C=O) groups excluding carboxylic acids is 2. The van der Waals surface area contributed by atoms with Crippen LogP contribution in [0.15, 0.2) is 46.9 Å². The number of carbonyl (C=O) groups is 2. The second-order valence-electron chi connectivity index (χ2n) is 7.31. The molecule has 0 fully saturated rings. The van der Waals surface area contributed by atoms with Gasteiger partial charge in [0.25, 0.3) is 5.91 Å². The van der Waals surface area contributed by atoms with E-state index in [9.17, 15) is 9.59 Å². The van der Waals surface area contributed by atoms with Crippen molar-refractivity contribution < 1.29 is 14.3 Å². The maximum Gasteiger partial charge on any atom is 0.261 e. The van der Waals surface area contributed by atoms with E-state index < -0.39 is 6.04 Å². The first-order valence-corrected chi connectivity index (χ1v) is 11.1. The molecule has 0 saturated heterocycles. The van der Waals surface area contributed by atoms with Gasteiger partial charge in [0, 0.05) is 17.1 Å². The minimum Gasteiger partial charge on any atom is -0.482 e. The summed E-state index contributed by atoms with van der Waals surface area (Å²) in [6.45, 7) is 7.77. The highest BCUT2D eigenvalue weighted by molar-refractivity contribution is 9.10. The summed E-state index contributed by atoms with van der Waals surface area (Å²) in [4.78, 5) is 27.4. The molecular formula is C23H28BrClN2O3. The van der Waals surface area contributed by atoms with Crippen LogP contribution >= 0.6 is 27.5 Å². The van der Waals surface area contributed by atoms with Gasteiger partial charge in [-0.2, -0.15) is 0 Å². The topological polar surface area (TPSA) is 58.6 Å². The summed E-state index contributed by atoms with van der Waals surface area (Å²) in [5, 5.41) is 3.36. The van der Waals surface area contributed by atoms with Crippen molar-refractivity contribution in [2.24, 2.45) is 0 Å². The van der Waals surface area contributed by atoms with Gasteiger partial charge in [0.15, 0.2) is 6.61 Å². The number of benzene rings is 2. The largest absolute Gasteiger partial charge is 0.482 e. The summed E-state index contributed by atoms with van der Waals surface area (Å²) in [6, 6.07) is 12.4. The number of nitrogens with one attached hydrogen (secondary N) is 1. The first kappa shape index (κ1) is 24.2. The molecule has 0 radical (unpaired) electrons. The van der Waals surface area contributed by atoms with Crippen LogP contribution in [-0.4, -0.2) is 35.4 Å². The molecule has 7 heteroatoms. The van der Waals surface area contributed by atoms with Crippen LogP contribution < -0.4 is 10.1 Å². The standard InChI is InChI=1S/C23H28BrClN2O3/c1-5-16(3)26-23(29)17(4)27(13-18-9-7-6-8-15(18)2)22(28)14-30-21-11-10-19(24)12-20(21)25/h6-12,16-17H,5,13-14H2,1-4H3,(H,26,29)/t16-,17+/m1/s1. The van der Waals surface area contributed by atoms with Crippen LogP contribution in [0, 0.1) is 6.92 Å². The maximum atomic E-state index is 13.1. The summed E-state index contributed by atoms with van der Waals surface area (Å²) >= 11 is 9.53. The van der Waals surface area contributed by atoms with Crippen LogP contribution in [0.4, 0.5) is 0 Å². The Kier molecular flexibility index (Phi) is 9.18. The molecule has 0 unspecified atom stereocenters. The van der Waals surface area contributed by atoms with Crippen LogP contribution in [0.5, 0.6) is 5.75 Å². The molecule has 2 amide bonds. The summed E-state index contributed by atoms with van der Waals surface area (Å²) < 4.78 is 6.48. The van der Waals surface area contributed by atoms with Crippen LogP contribution in [0.3, 0.4) is 0 Å². The summed E-state index contributed by atoms with van der Waals surface area (Å²) in [5.41, 5.74) is 2.04. The average molecular weight is 496 g/mol. The molecule has 162 valence electrons. The van der Waals surface area contributed by atoms with Crippen molar-refractivity contribution in [3.8, 4) is 5.75 Å². The van der Waals surface area contributed by atoms with Gasteiger partial charge >= 0.3 is 0 Å². The fourth-order valence-electron chi connectivity index (χ4n) is 2.83. The Bertz CT molecular complexity index is 891. The molecule has 2 atom stereocenters. The van der Waals surface area contributed by atoms with Gasteiger partial charge in [-0.1, -0.05) is 58.7 Å². The molecule has 0 aromatic heterocycles. The van der Waals surface area contributed by atoms with E-state index >= 15 is 0 Å². The lowest BCUT2D eigenvalue weighted by molar-refractivity contribution is -0.142. The minimum absolute atomic E-state index is 0.0354. The van der Waals surface area contributed by atoms with Gasteiger partial charge in [-0.3, -0.25) is 9.59 Å². The molecule has 0 spiro atoms. The molecule has 0 aliphatic rings. The highest BCUT2D eigenvalue weighted by atomic mass is 79.9. The summed E-state index contributed by atoms with van der Waals surface area (Å²) in [6.07, 6.45) is 0.815. The Morgan fingerprint density at radius 3 is 2.53 bits per heavy atom. The molecule has 0 aliphatic carbocycles. The van der Waals surface area contributed by atoms with Gasteiger partial charge in [0.05, 0.1) is 5.02 Å². The van der Waals surface area contributed by atoms with Gasteiger partial charge in [0.2, 0.25) is 5.91 Å². The van der Waals surface area contributed by atoms with E-state index in [1.165, 1.54) is 0 Å². The van der Waals surface area contributed by atoms with E-state index in [4.69, 9.17) is 16.3 Å². The van der Waals surface area contributed by atoms with Crippen LogP contribution in [0.1, 0.15) is 38.3 Å². The zero-order chi connectivity index (χ0) is 22.3. The monoisotopic (exact) mass is 494 g/mol. The quantitative estimate of drug-likeness (QED) is 0.525. The molecule has 2 aromatic rings. The van der Waals surface area contributed by atoms with E-state index in [2.05, 4.69) is 21.2 Å². The molecule has 2 aromatic carbocycles. The Morgan fingerprint density at radius 2 is 1.90 bits per heavy atom. The molecule has 0 heterocycles. The Labute approximate surface area is 191 Å². The lowest BCUT2D eigenvalue weighted by atomic mass is 10.1. The predicted octanol–water partition coefficient (Wildman–Crippen LogP) is 5.12. The second-order valence-corrected chi connectivity index (χ2v) is 8.63. The van der Waals surface area contributed by atoms with Gasteiger partial charge in [0.1, 0.15) is 11.8 Å². The summed E-state index contributed by atoms with van der Waals surface area (Å²) in [7, 11) is 0. The molecule has 5 nitrogen and oxygen atoms in total. The predicted molar refractivity (Wildman–Crippen MR) is 124 cm³/mol. The zero-order valence-electron chi connectivity index (χ0n) is 17.7. The third-order valence-corrected chi connectivity index (χ3v) is 5.80. The SMILES string of the molecule is CC[C@@H](C)NC(=O)[C@H](C)N(Cc1ccccc1C)C(=O)COc1ccc(Br)cc1Cl. The second kappa shape index (κ2) is 11.4. The number of rotatable bonds is 9. The third kappa shape index (κ3) is 6.74. The van der Waals surface area contributed by atoms with E-state index in [-0.39, 0.29) is 24.5 Å². The van der Waals surface area contributed by atoms with E-state index in [1.54, 1.807) is 30.0 Å². The molecular weight excluding hydrogens is 468 g/mol. The fourth-order valence-corrected chi connectivity index (χ4v) is 3.56. The van der Waals surface area contributed by atoms with Crippen LogP contribution in [-0.2, 0) is 16.1 Å². The molecule has 0 aliphatic heterocycles. The fraction of sp³-hybridized carbons (Fsp3) is 0.391. The van der Waals surface area contributed by atoms with E-state index in [0.717, 1.165) is 22.0 Å². The number of amides is 2. The first-order valence-electron chi connectivity index (χ1n) is 9.95. The smallest absolute Gasteiger partial charge is 0.261 e. The van der Waals surface area contributed by atoms with Crippen molar-refractivity contribution in [2.45, 2.75) is 52.7 Å². The number of hydrogen-bond acceptors (Lipinski definition) is 3. The first-order chi connectivity index (χ1) is 14.2. The van der Waals surface area contributed by atoms with Crippen LogP contribution in [0.2, 0.25) is 5.02 Å². The number of ether oxygens (including phenoxy) is 1. The normalized spacial score (nSPS) is 12.7. The Hall–Kier alpha value is -2.05. The Balaban J connectivity index is 2.19. The molecule has 0 bridgehead atoms. The lowest BCUT2D eigenvalue weighted by Crippen LogP contribution is -2.50.